The maximum absolute atomic E-state index is 13.3. The van der Waals surface area contributed by atoms with Gasteiger partial charge in [-0.15, -0.1) is 12.4 Å². The van der Waals surface area contributed by atoms with Gasteiger partial charge in [0.05, 0.1) is 21.6 Å². The Morgan fingerprint density at radius 3 is 2.67 bits per heavy atom. The highest BCUT2D eigenvalue weighted by atomic mass is 35.5. The van der Waals surface area contributed by atoms with Crippen LogP contribution in [0.15, 0.2) is 55.1 Å². The molecule has 0 saturated carbocycles. The summed E-state index contributed by atoms with van der Waals surface area (Å²) in [5, 5.41) is 1.19. The van der Waals surface area contributed by atoms with Crippen LogP contribution in [0.3, 0.4) is 0 Å². The van der Waals surface area contributed by atoms with E-state index in [0.717, 1.165) is 22.3 Å². The highest BCUT2D eigenvalue weighted by molar-refractivity contribution is 7.23. The Balaban J connectivity index is 0.00000256. The number of anilines is 1. The summed E-state index contributed by atoms with van der Waals surface area (Å²) in [5.74, 6) is -0.598. The van der Waals surface area contributed by atoms with E-state index in [2.05, 4.69) is 4.98 Å². The van der Waals surface area contributed by atoms with E-state index in [0.29, 0.717) is 28.7 Å². The van der Waals surface area contributed by atoms with Crippen LogP contribution < -0.4 is 4.90 Å². The van der Waals surface area contributed by atoms with Crippen molar-refractivity contribution in [2.75, 3.05) is 11.4 Å². The Morgan fingerprint density at radius 2 is 2.00 bits per heavy atom. The summed E-state index contributed by atoms with van der Waals surface area (Å²) in [6.45, 7) is 3.15. The van der Waals surface area contributed by atoms with Crippen LogP contribution in [0.4, 0.5) is 9.52 Å². The largest absolute Gasteiger partial charge is 0.337 e. The van der Waals surface area contributed by atoms with Crippen molar-refractivity contribution in [2.24, 2.45) is 0 Å². The normalized spacial score (nSPS) is 10.8. The van der Waals surface area contributed by atoms with Crippen LogP contribution in [-0.2, 0) is 6.54 Å². The molecule has 0 spiro atoms. The summed E-state index contributed by atoms with van der Waals surface area (Å²) in [5.41, 5.74) is 2.21. The minimum Gasteiger partial charge on any atom is -0.337 e. The highest BCUT2D eigenvalue weighted by Crippen LogP contribution is 2.36. The lowest BCUT2D eigenvalue weighted by atomic mass is 10.2. The van der Waals surface area contributed by atoms with E-state index >= 15 is 0 Å². The number of nitrogens with zero attached hydrogens (tertiary/aromatic N) is 4. The van der Waals surface area contributed by atoms with Crippen LogP contribution >= 0.6 is 35.3 Å². The third-order valence-corrected chi connectivity index (χ3v) is 6.15. The van der Waals surface area contributed by atoms with Crippen LogP contribution in [0.1, 0.15) is 22.3 Å². The molecular formula is C21H19Cl2FN4OS. The molecule has 9 heteroatoms. The zero-order valence-electron chi connectivity index (χ0n) is 16.1. The zero-order valence-corrected chi connectivity index (χ0v) is 18.5. The smallest absolute Gasteiger partial charge is 0.260 e. The minimum absolute atomic E-state index is 0. The fourth-order valence-electron chi connectivity index (χ4n) is 3.07. The SMILES string of the molecule is Cc1ccc(Cl)c2sc(N(CCCn3ccnc3)C(=O)c3ccc(F)cc3)nc12.Cl. The van der Waals surface area contributed by atoms with Gasteiger partial charge in [-0.1, -0.05) is 29.0 Å². The van der Waals surface area contributed by atoms with Crippen LogP contribution in [-0.4, -0.2) is 27.0 Å². The first-order valence-corrected chi connectivity index (χ1v) is 10.3. The molecular weight excluding hydrogens is 446 g/mol. The summed E-state index contributed by atoms with van der Waals surface area (Å²) in [7, 11) is 0. The van der Waals surface area contributed by atoms with E-state index in [1.54, 1.807) is 17.4 Å². The first kappa shape index (κ1) is 22.2. The van der Waals surface area contributed by atoms with Gasteiger partial charge in [0.1, 0.15) is 5.82 Å². The van der Waals surface area contributed by atoms with Crippen molar-refractivity contribution in [3.05, 3.63) is 77.1 Å². The molecule has 0 aliphatic carbocycles. The summed E-state index contributed by atoms with van der Waals surface area (Å²) in [6, 6.07) is 9.32. The molecule has 0 bridgehead atoms. The molecule has 0 aliphatic rings. The molecule has 0 saturated heterocycles. The lowest BCUT2D eigenvalue weighted by Gasteiger charge is -2.20. The summed E-state index contributed by atoms with van der Waals surface area (Å²) >= 11 is 7.74. The summed E-state index contributed by atoms with van der Waals surface area (Å²) < 4.78 is 16.1. The van der Waals surface area contributed by atoms with Crippen LogP contribution in [0.25, 0.3) is 10.2 Å². The number of hydrogen-bond acceptors (Lipinski definition) is 4. The van der Waals surface area contributed by atoms with E-state index in [1.165, 1.54) is 35.6 Å². The summed E-state index contributed by atoms with van der Waals surface area (Å²) in [4.78, 5) is 23.6. The molecule has 4 rings (SSSR count). The van der Waals surface area contributed by atoms with Gasteiger partial charge in [-0.05, 0) is 49.2 Å². The lowest BCUT2D eigenvalue weighted by Crippen LogP contribution is -2.32. The zero-order chi connectivity index (χ0) is 20.4. The van der Waals surface area contributed by atoms with E-state index in [9.17, 15) is 9.18 Å². The number of aryl methyl sites for hydroxylation is 2. The molecule has 5 nitrogen and oxygen atoms in total. The minimum atomic E-state index is -0.379. The van der Waals surface area contributed by atoms with Gasteiger partial charge in [0.25, 0.3) is 5.91 Å². The average molecular weight is 465 g/mol. The fourth-order valence-corrected chi connectivity index (χ4v) is 4.41. The number of halogens is 3. The fraction of sp³-hybridized carbons (Fsp3) is 0.190. The number of benzene rings is 2. The van der Waals surface area contributed by atoms with E-state index in [-0.39, 0.29) is 24.1 Å². The number of carbonyl (C=O) groups is 1. The van der Waals surface area contributed by atoms with Crippen molar-refractivity contribution in [1.82, 2.24) is 14.5 Å². The lowest BCUT2D eigenvalue weighted by molar-refractivity contribution is 0.0986. The molecule has 0 N–H and O–H groups in total. The number of amides is 1. The maximum Gasteiger partial charge on any atom is 0.260 e. The summed E-state index contributed by atoms with van der Waals surface area (Å²) in [6.07, 6.45) is 6.06. The predicted octanol–water partition coefficient (Wildman–Crippen LogP) is 5.75. The van der Waals surface area contributed by atoms with Crippen molar-refractivity contribution in [2.45, 2.75) is 19.9 Å². The third-order valence-electron chi connectivity index (χ3n) is 4.61. The molecule has 2 aromatic carbocycles. The van der Waals surface area contributed by atoms with Gasteiger partial charge in [0, 0.05) is 31.0 Å². The Bertz CT molecular complexity index is 1110. The van der Waals surface area contributed by atoms with Crippen molar-refractivity contribution >= 4 is 56.6 Å². The molecule has 0 fully saturated rings. The number of imidazole rings is 1. The number of fused-ring (bicyclic) bond motifs is 1. The quantitative estimate of drug-likeness (QED) is 0.364. The molecule has 0 radical (unpaired) electrons. The van der Waals surface area contributed by atoms with E-state index in [4.69, 9.17) is 16.6 Å². The maximum atomic E-state index is 13.3. The van der Waals surface area contributed by atoms with Gasteiger partial charge in [-0.25, -0.2) is 14.4 Å². The monoisotopic (exact) mass is 464 g/mol. The van der Waals surface area contributed by atoms with E-state index in [1.807, 2.05) is 29.8 Å². The molecule has 0 atom stereocenters. The molecule has 156 valence electrons. The van der Waals surface area contributed by atoms with Crippen LogP contribution in [0.5, 0.6) is 0 Å². The number of aromatic nitrogens is 3. The van der Waals surface area contributed by atoms with Gasteiger partial charge in [-0.3, -0.25) is 9.69 Å². The second kappa shape index (κ2) is 9.55. The topological polar surface area (TPSA) is 51.0 Å². The standard InChI is InChI=1S/C21H18ClFN4OS.ClH/c1-14-3-8-17(22)19-18(14)25-21(29-19)27(11-2-10-26-12-9-24-13-26)20(28)15-4-6-16(23)7-5-15;/h3-9,12-13H,2,10-11H2,1H3;1H. The molecule has 1 amide bonds. The Labute approximate surface area is 188 Å². The number of thiazole rings is 1. The second-order valence-electron chi connectivity index (χ2n) is 6.66. The first-order valence-electron chi connectivity index (χ1n) is 9.12. The van der Waals surface area contributed by atoms with Crippen molar-refractivity contribution in [3.63, 3.8) is 0 Å². The molecule has 4 aromatic rings. The molecule has 0 unspecified atom stereocenters. The number of carbonyl (C=O) groups excluding carboxylic acids is 1. The number of hydrogen-bond donors (Lipinski definition) is 0. The highest BCUT2D eigenvalue weighted by Gasteiger charge is 2.22. The first-order chi connectivity index (χ1) is 14.0. The van der Waals surface area contributed by atoms with Gasteiger partial charge < -0.3 is 4.57 Å². The van der Waals surface area contributed by atoms with Crippen molar-refractivity contribution in [3.8, 4) is 0 Å². The van der Waals surface area contributed by atoms with Crippen LogP contribution in [0.2, 0.25) is 5.02 Å². The van der Waals surface area contributed by atoms with E-state index < -0.39 is 0 Å². The molecule has 0 aliphatic heterocycles. The van der Waals surface area contributed by atoms with Crippen molar-refractivity contribution < 1.29 is 9.18 Å². The molecule has 30 heavy (non-hydrogen) atoms. The Hall–Kier alpha value is -2.48. The molecule has 2 aromatic heterocycles. The van der Waals surface area contributed by atoms with Gasteiger partial charge in [0.15, 0.2) is 5.13 Å². The second-order valence-corrected chi connectivity index (χ2v) is 8.04. The van der Waals surface area contributed by atoms with Gasteiger partial charge in [0.2, 0.25) is 0 Å². The Morgan fingerprint density at radius 1 is 1.23 bits per heavy atom. The van der Waals surface area contributed by atoms with Crippen LogP contribution in [0, 0.1) is 12.7 Å². The molecule has 2 heterocycles. The Kier molecular flexibility index (Phi) is 7.07. The van der Waals surface area contributed by atoms with Gasteiger partial charge in [-0.2, -0.15) is 0 Å². The number of rotatable bonds is 6. The average Bonchev–Trinajstić information content (AvgIpc) is 3.39. The van der Waals surface area contributed by atoms with Crippen molar-refractivity contribution in [1.29, 1.82) is 0 Å². The van der Waals surface area contributed by atoms with Gasteiger partial charge >= 0.3 is 0 Å². The predicted molar refractivity (Wildman–Crippen MR) is 122 cm³/mol. The third kappa shape index (κ3) is 4.64.